The lowest BCUT2D eigenvalue weighted by atomic mass is 10.3. The Kier molecular flexibility index (Phi) is 9.33. The molecule has 5 heteroatoms. The molecule has 10 heavy (non-hydrogen) atoms. The van der Waals surface area contributed by atoms with Gasteiger partial charge in [0.05, 0.1) is 6.61 Å². The Hall–Kier alpha value is 0.170. The van der Waals surface area contributed by atoms with Crippen molar-refractivity contribution in [2.24, 2.45) is 0 Å². The standard InChI is InChI=1S/C5H9NO2.2ClH/c7-4-5-3-6-1-2-8-5;;/h4-6H,1-3H2;2*1H. The van der Waals surface area contributed by atoms with Crippen LogP contribution in [-0.2, 0) is 9.53 Å². The first-order valence-corrected chi connectivity index (χ1v) is 2.71. The summed E-state index contributed by atoms with van der Waals surface area (Å²) in [5.74, 6) is 0. The van der Waals surface area contributed by atoms with Gasteiger partial charge in [-0.2, -0.15) is 0 Å². The Morgan fingerprint density at radius 2 is 2.20 bits per heavy atom. The van der Waals surface area contributed by atoms with Gasteiger partial charge in [0.2, 0.25) is 0 Å². The highest BCUT2D eigenvalue weighted by Crippen LogP contribution is 1.89. The van der Waals surface area contributed by atoms with Crippen LogP contribution in [0.25, 0.3) is 0 Å². The summed E-state index contributed by atoms with van der Waals surface area (Å²) in [5.41, 5.74) is 0. The van der Waals surface area contributed by atoms with Gasteiger partial charge < -0.3 is 14.8 Å². The van der Waals surface area contributed by atoms with Crippen molar-refractivity contribution in [3.8, 4) is 0 Å². The molecule has 0 spiro atoms. The number of carbonyl (C=O) groups excluding carboxylic acids is 1. The fraction of sp³-hybridized carbons (Fsp3) is 0.800. The summed E-state index contributed by atoms with van der Waals surface area (Å²) in [7, 11) is 0. The summed E-state index contributed by atoms with van der Waals surface area (Å²) in [5, 5.41) is 3.03. The molecule has 1 rings (SSSR count). The van der Waals surface area contributed by atoms with Crippen molar-refractivity contribution < 1.29 is 9.53 Å². The SMILES string of the molecule is Cl.Cl.O=CC1CNCCO1. The average molecular weight is 188 g/mol. The Bertz CT molecular complexity index is 85.7. The number of aldehydes is 1. The molecule has 1 aliphatic rings. The van der Waals surface area contributed by atoms with E-state index >= 15 is 0 Å². The minimum absolute atomic E-state index is 0. The first-order valence-electron chi connectivity index (χ1n) is 2.71. The van der Waals surface area contributed by atoms with Crippen molar-refractivity contribution in [2.75, 3.05) is 19.7 Å². The molecule has 1 heterocycles. The van der Waals surface area contributed by atoms with E-state index in [4.69, 9.17) is 4.74 Å². The smallest absolute Gasteiger partial charge is 0.150 e. The highest BCUT2D eigenvalue weighted by molar-refractivity contribution is 5.85. The molecular formula is C5H11Cl2NO2. The number of halogens is 2. The van der Waals surface area contributed by atoms with Gasteiger partial charge in [-0.15, -0.1) is 24.8 Å². The molecule has 0 aromatic heterocycles. The summed E-state index contributed by atoms with van der Waals surface area (Å²) < 4.78 is 5.00. The topological polar surface area (TPSA) is 38.3 Å². The van der Waals surface area contributed by atoms with Crippen molar-refractivity contribution in [1.82, 2.24) is 5.32 Å². The quantitative estimate of drug-likeness (QED) is 0.589. The number of ether oxygens (including phenoxy) is 1. The fourth-order valence-corrected chi connectivity index (χ4v) is 0.673. The van der Waals surface area contributed by atoms with Gasteiger partial charge in [-0.25, -0.2) is 0 Å². The van der Waals surface area contributed by atoms with Crippen molar-refractivity contribution in [1.29, 1.82) is 0 Å². The van der Waals surface area contributed by atoms with E-state index in [-0.39, 0.29) is 30.9 Å². The van der Waals surface area contributed by atoms with E-state index in [2.05, 4.69) is 5.32 Å². The zero-order valence-corrected chi connectivity index (χ0v) is 7.04. The van der Waals surface area contributed by atoms with Gasteiger partial charge in [0, 0.05) is 13.1 Å². The van der Waals surface area contributed by atoms with E-state index in [1.165, 1.54) is 0 Å². The summed E-state index contributed by atoms with van der Waals surface area (Å²) in [6.07, 6.45) is 0.621. The third kappa shape index (κ3) is 4.06. The molecule has 0 aromatic rings. The molecule has 1 atom stereocenters. The van der Waals surface area contributed by atoms with Gasteiger partial charge in [0.1, 0.15) is 12.4 Å². The van der Waals surface area contributed by atoms with E-state index in [1.807, 2.05) is 0 Å². The molecule has 0 aliphatic carbocycles. The monoisotopic (exact) mass is 187 g/mol. The third-order valence-electron chi connectivity index (χ3n) is 1.11. The summed E-state index contributed by atoms with van der Waals surface area (Å²) in [6.45, 7) is 2.19. The Morgan fingerprint density at radius 1 is 1.50 bits per heavy atom. The van der Waals surface area contributed by atoms with Crippen LogP contribution in [-0.4, -0.2) is 32.1 Å². The van der Waals surface area contributed by atoms with E-state index in [9.17, 15) is 4.79 Å². The van der Waals surface area contributed by atoms with Crippen LogP contribution in [0, 0.1) is 0 Å². The Labute approximate surface area is 72.3 Å². The van der Waals surface area contributed by atoms with Crippen LogP contribution in [0.15, 0.2) is 0 Å². The second-order valence-electron chi connectivity index (χ2n) is 1.75. The van der Waals surface area contributed by atoms with Gasteiger partial charge in [0.15, 0.2) is 0 Å². The molecule has 3 nitrogen and oxygen atoms in total. The summed E-state index contributed by atoms with van der Waals surface area (Å²) in [6, 6.07) is 0. The predicted molar refractivity (Wildman–Crippen MR) is 43.2 cm³/mol. The number of nitrogens with one attached hydrogen (secondary N) is 1. The van der Waals surface area contributed by atoms with Gasteiger partial charge in [0.25, 0.3) is 0 Å². The van der Waals surface area contributed by atoms with Crippen LogP contribution in [0.2, 0.25) is 0 Å². The average Bonchev–Trinajstić information content (AvgIpc) is 1.90. The molecule has 0 radical (unpaired) electrons. The highest BCUT2D eigenvalue weighted by atomic mass is 35.5. The van der Waals surface area contributed by atoms with Crippen molar-refractivity contribution in [2.45, 2.75) is 6.10 Å². The summed E-state index contributed by atoms with van der Waals surface area (Å²) in [4.78, 5) is 9.99. The predicted octanol–water partition coefficient (Wildman–Crippen LogP) is 0.0173. The molecule has 1 fully saturated rings. The number of morpholine rings is 1. The number of hydrogen-bond acceptors (Lipinski definition) is 3. The van der Waals surface area contributed by atoms with Crippen molar-refractivity contribution >= 4 is 31.1 Å². The van der Waals surface area contributed by atoms with Gasteiger partial charge in [-0.1, -0.05) is 0 Å². The number of hydrogen-bond donors (Lipinski definition) is 1. The number of carbonyl (C=O) groups is 1. The molecule has 0 bridgehead atoms. The van der Waals surface area contributed by atoms with Crippen LogP contribution < -0.4 is 5.32 Å². The Balaban J connectivity index is 0. The van der Waals surface area contributed by atoms with Crippen LogP contribution in [0.1, 0.15) is 0 Å². The Morgan fingerprint density at radius 3 is 2.50 bits per heavy atom. The molecule has 1 saturated heterocycles. The molecule has 1 aliphatic heterocycles. The third-order valence-corrected chi connectivity index (χ3v) is 1.11. The largest absolute Gasteiger partial charge is 0.368 e. The van der Waals surface area contributed by atoms with Crippen LogP contribution >= 0.6 is 24.8 Å². The van der Waals surface area contributed by atoms with Crippen molar-refractivity contribution in [3.05, 3.63) is 0 Å². The molecule has 62 valence electrons. The van der Waals surface area contributed by atoms with Crippen molar-refractivity contribution in [3.63, 3.8) is 0 Å². The normalized spacial score (nSPS) is 23.8. The van der Waals surface area contributed by atoms with E-state index in [0.717, 1.165) is 12.8 Å². The van der Waals surface area contributed by atoms with Crippen LogP contribution in [0.3, 0.4) is 0 Å². The molecule has 0 aromatic carbocycles. The minimum Gasteiger partial charge on any atom is -0.368 e. The summed E-state index contributed by atoms with van der Waals surface area (Å²) >= 11 is 0. The zero-order valence-electron chi connectivity index (χ0n) is 5.41. The maximum absolute atomic E-state index is 9.99. The molecular weight excluding hydrogens is 177 g/mol. The second-order valence-corrected chi connectivity index (χ2v) is 1.75. The van der Waals surface area contributed by atoms with E-state index in [1.54, 1.807) is 0 Å². The van der Waals surface area contributed by atoms with Crippen LogP contribution in [0.4, 0.5) is 0 Å². The fourth-order valence-electron chi connectivity index (χ4n) is 0.673. The van der Waals surface area contributed by atoms with Gasteiger partial charge in [-0.3, -0.25) is 0 Å². The highest BCUT2D eigenvalue weighted by Gasteiger charge is 2.09. The van der Waals surface area contributed by atoms with E-state index in [0.29, 0.717) is 13.2 Å². The second kappa shape index (κ2) is 7.28. The lowest BCUT2D eigenvalue weighted by molar-refractivity contribution is -0.119. The van der Waals surface area contributed by atoms with Crippen LogP contribution in [0.5, 0.6) is 0 Å². The lowest BCUT2D eigenvalue weighted by Crippen LogP contribution is -2.39. The maximum Gasteiger partial charge on any atom is 0.150 e. The molecule has 0 saturated carbocycles. The molecule has 0 amide bonds. The minimum atomic E-state index is -0.205. The van der Waals surface area contributed by atoms with Gasteiger partial charge >= 0.3 is 0 Å². The first kappa shape index (κ1) is 12.8. The number of rotatable bonds is 1. The molecule has 1 unspecified atom stereocenters. The maximum atomic E-state index is 9.99. The van der Waals surface area contributed by atoms with E-state index < -0.39 is 0 Å². The first-order chi connectivity index (χ1) is 3.93. The molecule has 1 N–H and O–H groups in total. The lowest BCUT2D eigenvalue weighted by Gasteiger charge is -2.17. The zero-order chi connectivity index (χ0) is 5.82. The van der Waals surface area contributed by atoms with Gasteiger partial charge in [-0.05, 0) is 0 Å².